The van der Waals surface area contributed by atoms with Crippen LogP contribution in [-0.4, -0.2) is 39.5 Å². The lowest BCUT2D eigenvalue weighted by Crippen LogP contribution is -2.32. The lowest BCUT2D eigenvalue weighted by atomic mass is 9.74. The third kappa shape index (κ3) is 3.31. The minimum absolute atomic E-state index is 0.760. The molecule has 1 saturated carbocycles. The van der Waals surface area contributed by atoms with E-state index in [9.17, 15) is 0 Å². The largest absolute Gasteiger partial charge is 0.370 e. The topological polar surface area (TPSA) is 56.8 Å². The summed E-state index contributed by atoms with van der Waals surface area (Å²) in [6, 6.07) is 6.07. The molecular weight excluding hydrogens is 298 g/mol. The van der Waals surface area contributed by atoms with Gasteiger partial charge in [-0.25, -0.2) is 9.97 Å². The van der Waals surface area contributed by atoms with Crippen LogP contribution < -0.4 is 5.32 Å². The van der Waals surface area contributed by atoms with E-state index in [0.717, 1.165) is 36.7 Å². The number of pyridine rings is 1. The first-order valence-electron chi connectivity index (χ1n) is 9.15. The van der Waals surface area contributed by atoms with Gasteiger partial charge >= 0.3 is 0 Å². The Hall–Kier alpha value is -1.88. The third-order valence-electron chi connectivity index (χ3n) is 5.84. The molecule has 128 valence electrons. The first-order chi connectivity index (χ1) is 11.8. The smallest absolute Gasteiger partial charge is 0.125 e. The summed E-state index contributed by atoms with van der Waals surface area (Å²) < 4.78 is 0. The van der Waals surface area contributed by atoms with Crippen LogP contribution in [-0.2, 0) is 6.54 Å². The zero-order valence-corrected chi connectivity index (χ0v) is 14.4. The fourth-order valence-electron chi connectivity index (χ4n) is 4.53. The molecule has 0 aromatic carbocycles. The molecule has 1 aliphatic carbocycles. The molecule has 2 N–H and O–H groups in total. The van der Waals surface area contributed by atoms with Gasteiger partial charge in [0.15, 0.2) is 0 Å². The number of aromatic nitrogens is 3. The van der Waals surface area contributed by atoms with Crippen molar-refractivity contribution in [3.05, 3.63) is 42.1 Å². The van der Waals surface area contributed by atoms with Crippen molar-refractivity contribution in [1.82, 2.24) is 19.9 Å². The number of nitrogens with zero attached hydrogens (tertiary/aromatic N) is 3. The van der Waals surface area contributed by atoms with Gasteiger partial charge < -0.3 is 10.3 Å². The van der Waals surface area contributed by atoms with Crippen molar-refractivity contribution in [2.24, 2.45) is 17.8 Å². The van der Waals surface area contributed by atoms with Gasteiger partial charge in [0.05, 0.1) is 12.0 Å². The zero-order chi connectivity index (χ0) is 16.4. The number of aromatic amines is 1. The van der Waals surface area contributed by atoms with E-state index in [2.05, 4.69) is 38.2 Å². The number of nitrogens with one attached hydrogen (secondary N) is 2. The Kier molecular flexibility index (Phi) is 4.52. The summed E-state index contributed by atoms with van der Waals surface area (Å²) in [6.07, 6.45) is 7.77. The van der Waals surface area contributed by atoms with Crippen molar-refractivity contribution in [3.63, 3.8) is 0 Å². The Morgan fingerprint density at radius 2 is 2.21 bits per heavy atom. The SMILES string of the molecule is Cc1[nH]cnc1CN1C[C@H]2CCC[C@@H](CNc3ccccn3)[C@H]2C1. The fourth-order valence-corrected chi connectivity index (χ4v) is 4.53. The maximum absolute atomic E-state index is 4.47. The molecular formula is C19H27N5. The average molecular weight is 325 g/mol. The molecule has 0 radical (unpaired) electrons. The highest BCUT2D eigenvalue weighted by Gasteiger charge is 2.40. The van der Waals surface area contributed by atoms with E-state index in [1.54, 1.807) is 0 Å². The average Bonchev–Trinajstić information content (AvgIpc) is 3.20. The minimum Gasteiger partial charge on any atom is -0.370 e. The molecule has 5 nitrogen and oxygen atoms in total. The summed E-state index contributed by atoms with van der Waals surface area (Å²) in [5, 5.41) is 3.55. The van der Waals surface area contributed by atoms with E-state index < -0.39 is 0 Å². The number of hydrogen-bond donors (Lipinski definition) is 2. The van der Waals surface area contributed by atoms with E-state index in [0.29, 0.717) is 0 Å². The van der Waals surface area contributed by atoms with Crippen LogP contribution in [0, 0.1) is 24.7 Å². The molecule has 1 saturated heterocycles. The number of hydrogen-bond acceptors (Lipinski definition) is 4. The Balaban J connectivity index is 1.36. The van der Waals surface area contributed by atoms with Crippen molar-refractivity contribution < 1.29 is 0 Å². The van der Waals surface area contributed by atoms with Gasteiger partial charge in [-0.15, -0.1) is 0 Å². The Morgan fingerprint density at radius 1 is 1.25 bits per heavy atom. The second-order valence-electron chi connectivity index (χ2n) is 7.38. The van der Waals surface area contributed by atoms with Crippen LogP contribution in [0.25, 0.3) is 0 Å². The lowest BCUT2D eigenvalue weighted by molar-refractivity contribution is 0.207. The second kappa shape index (κ2) is 6.93. The summed E-state index contributed by atoms with van der Waals surface area (Å²) in [7, 11) is 0. The molecule has 24 heavy (non-hydrogen) atoms. The fraction of sp³-hybridized carbons (Fsp3) is 0.579. The van der Waals surface area contributed by atoms with Gasteiger partial charge in [-0.1, -0.05) is 12.5 Å². The molecule has 1 aliphatic heterocycles. The van der Waals surface area contributed by atoms with Gasteiger partial charge in [-0.2, -0.15) is 0 Å². The zero-order valence-electron chi connectivity index (χ0n) is 14.4. The maximum Gasteiger partial charge on any atom is 0.125 e. The standard InChI is InChI=1S/C19H27N5/c1-14-18(23-13-22-14)12-24-10-16-6-4-5-15(17(16)11-24)9-21-19-7-2-3-8-20-19/h2-3,7-8,13,15-17H,4-6,9-12H2,1H3,(H,20,21)(H,22,23)/t15-,16+,17+/m0/s1. The molecule has 2 aromatic heterocycles. The van der Waals surface area contributed by atoms with Crippen molar-refractivity contribution in [1.29, 1.82) is 0 Å². The molecule has 4 rings (SSSR count). The van der Waals surface area contributed by atoms with Gasteiger partial charge in [-0.3, -0.25) is 4.90 Å². The van der Waals surface area contributed by atoms with Crippen LogP contribution in [0.1, 0.15) is 30.7 Å². The number of H-pyrrole nitrogens is 1. The van der Waals surface area contributed by atoms with Crippen molar-refractivity contribution in [3.8, 4) is 0 Å². The van der Waals surface area contributed by atoms with E-state index in [1.807, 2.05) is 24.7 Å². The van der Waals surface area contributed by atoms with Crippen LogP contribution in [0.15, 0.2) is 30.7 Å². The Labute approximate surface area is 143 Å². The highest BCUT2D eigenvalue weighted by atomic mass is 15.2. The Morgan fingerprint density at radius 3 is 3.00 bits per heavy atom. The summed E-state index contributed by atoms with van der Waals surface area (Å²) in [5.41, 5.74) is 2.41. The summed E-state index contributed by atoms with van der Waals surface area (Å²) >= 11 is 0. The monoisotopic (exact) mass is 325 g/mol. The van der Waals surface area contributed by atoms with Crippen LogP contribution >= 0.6 is 0 Å². The third-order valence-corrected chi connectivity index (χ3v) is 5.84. The van der Waals surface area contributed by atoms with Crippen LogP contribution in [0.5, 0.6) is 0 Å². The van der Waals surface area contributed by atoms with Gasteiger partial charge in [0.2, 0.25) is 0 Å². The first-order valence-corrected chi connectivity index (χ1v) is 9.15. The number of fused-ring (bicyclic) bond motifs is 1. The molecule has 0 unspecified atom stereocenters. The molecule has 2 aliphatic rings. The highest BCUT2D eigenvalue weighted by molar-refractivity contribution is 5.33. The second-order valence-corrected chi connectivity index (χ2v) is 7.38. The summed E-state index contributed by atoms with van der Waals surface area (Å²) in [4.78, 5) is 14.7. The quantitative estimate of drug-likeness (QED) is 0.887. The van der Waals surface area contributed by atoms with Crippen LogP contribution in [0.3, 0.4) is 0 Å². The molecule has 5 heteroatoms. The normalized spacial score (nSPS) is 27.1. The van der Waals surface area contributed by atoms with Gasteiger partial charge in [0.1, 0.15) is 5.82 Å². The Bertz CT molecular complexity index is 653. The van der Waals surface area contributed by atoms with Gasteiger partial charge in [-0.05, 0) is 49.7 Å². The van der Waals surface area contributed by atoms with Crippen molar-refractivity contribution >= 4 is 5.82 Å². The summed E-state index contributed by atoms with van der Waals surface area (Å²) in [6.45, 7) is 6.60. The van der Waals surface area contributed by atoms with E-state index in [4.69, 9.17) is 0 Å². The molecule has 3 heterocycles. The lowest BCUT2D eigenvalue weighted by Gasteiger charge is -2.33. The van der Waals surface area contributed by atoms with E-state index >= 15 is 0 Å². The summed E-state index contributed by atoms with van der Waals surface area (Å²) in [5.74, 6) is 3.43. The molecule has 2 fully saturated rings. The molecule has 0 amide bonds. The maximum atomic E-state index is 4.47. The number of rotatable bonds is 5. The van der Waals surface area contributed by atoms with Crippen molar-refractivity contribution in [2.75, 3.05) is 25.0 Å². The van der Waals surface area contributed by atoms with Gasteiger partial charge in [0.25, 0.3) is 0 Å². The number of aryl methyl sites for hydroxylation is 1. The van der Waals surface area contributed by atoms with Crippen molar-refractivity contribution in [2.45, 2.75) is 32.7 Å². The van der Waals surface area contributed by atoms with Crippen LogP contribution in [0.4, 0.5) is 5.82 Å². The number of imidazole rings is 1. The van der Waals surface area contributed by atoms with E-state index in [1.165, 1.54) is 43.7 Å². The van der Waals surface area contributed by atoms with Crippen LogP contribution in [0.2, 0.25) is 0 Å². The van der Waals surface area contributed by atoms with E-state index in [-0.39, 0.29) is 0 Å². The molecule has 0 bridgehead atoms. The molecule has 0 spiro atoms. The predicted molar refractivity (Wildman–Crippen MR) is 95.6 cm³/mol. The molecule has 2 aromatic rings. The predicted octanol–water partition coefficient (Wildman–Crippen LogP) is 3.07. The minimum atomic E-state index is 0.760. The molecule has 3 atom stereocenters. The highest BCUT2D eigenvalue weighted by Crippen LogP contribution is 2.40. The number of likely N-dealkylation sites (tertiary alicyclic amines) is 1. The first kappa shape index (κ1) is 15.6. The number of anilines is 1. The van der Waals surface area contributed by atoms with Gasteiger partial charge in [0, 0.05) is 38.1 Å².